The van der Waals surface area contributed by atoms with E-state index in [2.05, 4.69) is 32.7 Å². The Bertz CT molecular complexity index is 776. The van der Waals surface area contributed by atoms with Crippen molar-refractivity contribution in [3.8, 4) is 5.75 Å². The van der Waals surface area contributed by atoms with Gasteiger partial charge < -0.3 is 25.0 Å². The summed E-state index contributed by atoms with van der Waals surface area (Å²) in [7, 11) is 1.92. The van der Waals surface area contributed by atoms with Crippen molar-refractivity contribution < 1.29 is 9.84 Å². The highest BCUT2D eigenvalue weighted by Gasteiger charge is 2.10. The van der Waals surface area contributed by atoms with E-state index in [9.17, 15) is 5.11 Å². The summed E-state index contributed by atoms with van der Waals surface area (Å²) in [5.74, 6) is 3.09. The molecule has 30 heavy (non-hydrogen) atoms. The van der Waals surface area contributed by atoms with Crippen LogP contribution in [0.3, 0.4) is 0 Å². The van der Waals surface area contributed by atoms with Crippen molar-refractivity contribution in [1.29, 1.82) is 0 Å². The SMILES string of the molecule is CCCCNC(=NCc1nnc(C)n1C)NCC(O)c1ccc(OC(C)C)cc1.I. The van der Waals surface area contributed by atoms with Gasteiger partial charge in [0.05, 0.1) is 12.2 Å². The Balaban J connectivity index is 0.00000450. The second-order valence-corrected chi connectivity index (χ2v) is 7.30. The molecule has 1 heterocycles. The second kappa shape index (κ2) is 13.4. The van der Waals surface area contributed by atoms with Gasteiger partial charge in [0.15, 0.2) is 11.8 Å². The monoisotopic (exact) mass is 530 g/mol. The molecule has 2 rings (SSSR count). The number of ether oxygens (including phenoxy) is 1. The number of aryl methyl sites for hydroxylation is 1. The number of halogens is 1. The minimum atomic E-state index is -0.654. The van der Waals surface area contributed by atoms with Crippen LogP contribution in [-0.4, -0.2) is 45.0 Å². The number of aromatic nitrogens is 3. The van der Waals surface area contributed by atoms with Crippen LogP contribution in [0.15, 0.2) is 29.3 Å². The molecule has 168 valence electrons. The molecule has 0 bridgehead atoms. The van der Waals surface area contributed by atoms with E-state index < -0.39 is 6.10 Å². The number of unbranched alkanes of at least 4 members (excludes halogenated alkanes) is 1. The van der Waals surface area contributed by atoms with E-state index in [1.165, 1.54) is 0 Å². The van der Waals surface area contributed by atoms with Crippen LogP contribution in [0.2, 0.25) is 0 Å². The van der Waals surface area contributed by atoms with Gasteiger partial charge in [-0.25, -0.2) is 4.99 Å². The van der Waals surface area contributed by atoms with E-state index >= 15 is 0 Å². The maximum atomic E-state index is 10.5. The van der Waals surface area contributed by atoms with Gasteiger partial charge in [-0.15, -0.1) is 34.2 Å². The summed E-state index contributed by atoms with van der Waals surface area (Å²) >= 11 is 0. The standard InChI is InChI=1S/C21H34N6O2.HI/c1-6-7-12-22-21(24-14-20-26-25-16(4)27(20)5)23-13-19(28)17-8-10-18(11-9-17)29-15(2)3;/h8-11,15,19,28H,6-7,12-14H2,1-5H3,(H2,22,23,24);1H. The van der Waals surface area contributed by atoms with Gasteiger partial charge in [0.25, 0.3) is 0 Å². The molecule has 1 atom stereocenters. The van der Waals surface area contributed by atoms with Crippen molar-refractivity contribution in [1.82, 2.24) is 25.4 Å². The zero-order chi connectivity index (χ0) is 21.2. The van der Waals surface area contributed by atoms with Crippen LogP contribution in [0.4, 0.5) is 0 Å². The lowest BCUT2D eigenvalue weighted by molar-refractivity contribution is 0.180. The summed E-state index contributed by atoms with van der Waals surface area (Å²) in [4.78, 5) is 4.59. The fourth-order valence-corrected chi connectivity index (χ4v) is 2.65. The molecular weight excluding hydrogens is 495 g/mol. The van der Waals surface area contributed by atoms with Gasteiger partial charge in [-0.3, -0.25) is 0 Å². The number of aliphatic hydroxyl groups excluding tert-OH is 1. The Morgan fingerprint density at radius 1 is 1.20 bits per heavy atom. The molecule has 0 amide bonds. The summed E-state index contributed by atoms with van der Waals surface area (Å²) in [6, 6.07) is 7.52. The van der Waals surface area contributed by atoms with E-state index in [1.54, 1.807) is 0 Å². The van der Waals surface area contributed by atoms with Crippen molar-refractivity contribution >= 4 is 29.9 Å². The van der Waals surface area contributed by atoms with Gasteiger partial charge >= 0.3 is 0 Å². The highest BCUT2D eigenvalue weighted by molar-refractivity contribution is 14.0. The fraction of sp³-hybridized carbons (Fsp3) is 0.571. The minimum absolute atomic E-state index is 0. The molecule has 0 fully saturated rings. The minimum Gasteiger partial charge on any atom is -0.491 e. The molecule has 1 aromatic heterocycles. The van der Waals surface area contributed by atoms with Crippen LogP contribution in [-0.2, 0) is 13.6 Å². The summed E-state index contributed by atoms with van der Waals surface area (Å²) in [6.45, 7) is 9.61. The van der Waals surface area contributed by atoms with Gasteiger partial charge in [-0.2, -0.15) is 0 Å². The lowest BCUT2D eigenvalue weighted by Crippen LogP contribution is -2.40. The van der Waals surface area contributed by atoms with Crippen LogP contribution in [0.25, 0.3) is 0 Å². The predicted molar refractivity (Wildman–Crippen MR) is 130 cm³/mol. The molecule has 0 spiro atoms. The number of nitrogens with zero attached hydrogens (tertiary/aromatic N) is 4. The molecule has 1 unspecified atom stereocenters. The summed E-state index contributed by atoms with van der Waals surface area (Å²) in [5, 5.41) is 25.3. The molecular formula is C21H35IN6O2. The molecule has 0 radical (unpaired) electrons. The largest absolute Gasteiger partial charge is 0.491 e. The smallest absolute Gasteiger partial charge is 0.191 e. The van der Waals surface area contributed by atoms with Crippen LogP contribution in [0.1, 0.15) is 56.9 Å². The first-order valence-corrected chi connectivity index (χ1v) is 10.2. The van der Waals surface area contributed by atoms with Crippen molar-refractivity contribution in [2.75, 3.05) is 13.1 Å². The maximum Gasteiger partial charge on any atom is 0.191 e. The number of hydrogen-bond donors (Lipinski definition) is 3. The highest BCUT2D eigenvalue weighted by atomic mass is 127. The van der Waals surface area contributed by atoms with Gasteiger partial charge in [-0.1, -0.05) is 25.5 Å². The second-order valence-electron chi connectivity index (χ2n) is 7.30. The van der Waals surface area contributed by atoms with E-state index in [0.29, 0.717) is 19.0 Å². The Hall–Kier alpha value is -1.88. The summed E-state index contributed by atoms with van der Waals surface area (Å²) in [6.07, 6.45) is 1.61. The zero-order valence-corrected chi connectivity index (χ0v) is 20.9. The average Bonchev–Trinajstić information content (AvgIpc) is 3.01. The number of aliphatic imine (C=N–C) groups is 1. The Morgan fingerprint density at radius 2 is 1.90 bits per heavy atom. The zero-order valence-electron chi connectivity index (χ0n) is 18.6. The first-order chi connectivity index (χ1) is 13.9. The number of guanidine groups is 1. The topological polar surface area (TPSA) is 96.6 Å². The van der Waals surface area contributed by atoms with Crippen molar-refractivity contribution in [3.63, 3.8) is 0 Å². The highest BCUT2D eigenvalue weighted by Crippen LogP contribution is 2.18. The first-order valence-electron chi connectivity index (χ1n) is 10.2. The van der Waals surface area contributed by atoms with E-state index in [1.807, 2.05) is 56.7 Å². The van der Waals surface area contributed by atoms with Crippen LogP contribution in [0, 0.1) is 6.92 Å². The van der Waals surface area contributed by atoms with Gasteiger partial charge in [0.2, 0.25) is 0 Å². The van der Waals surface area contributed by atoms with Crippen LogP contribution >= 0.6 is 24.0 Å². The van der Waals surface area contributed by atoms with Crippen molar-refractivity contribution in [3.05, 3.63) is 41.5 Å². The predicted octanol–water partition coefficient (Wildman–Crippen LogP) is 3.10. The van der Waals surface area contributed by atoms with E-state index in [4.69, 9.17) is 4.74 Å². The fourth-order valence-electron chi connectivity index (χ4n) is 2.65. The van der Waals surface area contributed by atoms with Gasteiger partial charge in [0, 0.05) is 20.1 Å². The number of hydrogen-bond acceptors (Lipinski definition) is 5. The molecule has 0 aliphatic heterocycles. The lowest BCUT2D eigenvalue weighted by atomic mass is 10.1. The number of nitrogens with one attached hydrogen (secondary N) is 2. The van der Waals surface area contributed by atoms with E-state index in [0.717, 1.165) is 42.3 Å². The normalized spacial score (nSPS) is 12.4. The molecule has 0 aliphatic carbocycles. The third-order valence-electron chi connectivity index (χ3n) is 4.48. The summed E-state index contributed by atoms with van der Waals surface area (Å²) in [5.41, 5.74) is 0.824. The molecule has 1 aromatic carbocycles. The third kappa shape index (κ3) is 8.47. The van der Waals surface area contributed by atoms with Crippen LogP contribution in [0.5, 0.6) is 5.75 Å². The van der Waals surface area contributed by atoms with Crippen LogP contribution < -0.4 is 15.4 Å². The quantitative estimate of drug-likeness (QED) is 0.189. The third-order valence-corrected chi connectivity index (χ3v) is 4.48. The molecule has 8 nitrogen and oxygen atoms in total. The maximum absolute atomic E-state index is 10.5. The molecule has 0 saturated heterocycles. The number of aliphatic hydroxyl groups is 1. The number of benzene rings is 1. The van der Waals surface area contributed by atoms with E-state index in [-0.39, 0.29) is 30.1 Å². The molecule has 0 saturated carbocycles. The van der Waals surface area contributed by atoms with Crippen molar-refractivity contribution in [2.45, 2.75) is 59.3 Å². The summed E-state index contributed by atoms with van der Waals surface area (Å²) < 4.78 is 7.57. The Labute approximate surface area is 196 Å². The van der Waals surface area contributed by atoms with Gasteiger partial charge in [-0.05, 0) is 44.9 Å². The molecule has 3 N–H and O–H groups in total. The molecule has 2 aromatic rings. The average molecular weight is 530 g/mol. The Morgan fingerprint density at radius 3 is 2.47 bits per heavy atom. The lowest BCUT2D eigenvalue weighted by Gasteiger charge is -2.17. The molecule has 9 heteroatoms. The Kier molecular flexibility index (Phi) is 11.7. The molecule has 0 aliphatic rings. The number of rotatable bonds is 10. The van der Waals surface area contributed by atoms with Gasteiger partial charge in [0.1, 0.15) is 18.1 Å². The first kappa shape index (κ1) is 26.2. The van der Waals surface area contributed by atoms with Crippen molar-refractivity contribution in [2.24, 2.45) is 12.0 Å².